The fraction of sp³-hybridized carbons (Fsp3) is 0.333. The Balaban J connectivity index is 3.45. The van der Waals surface area contributed by atoms with Gasteiger partial charge in [-0.15, -0.1) is 0 Å². The number of rotatable bonds is 6. The van der Waals surface area contributed by atoms with Crippen LogP contribution in [0.3, 0.4) is 0 Å². The molecule has 0 aliphatic heterocycles. The summed E-state index contributed by atoms with van der Waals surface area (Å²) in [4.78, 5) is 0. The molecule has 0 amide bonds. The van der Waals surface area contributed by atoms with Crippen molar-refractivity contribution in [1.29, 1.82) is 0 Å². The van der Waals surface area contributed by atoms with Crippen LogP contribution in [-0.2, 0) is 0 Å². The van der Waals surface area contributed by atoms with Crippen LogP contribution in [0.5, 0.6) is 0 Å². The van der Waals surface area contributed by atoms with Crippen molar-refractivity contribution >= 4 is 0 Å². The molecule has 72 valence electrons. The minimum atomic E-state index is 1.02. The normalized spacial score (nSPS) is 13.0. The van der Waals surface area contributed by atoms with Gasteiger partial charge in [-0.1, -0.05) is 56.2 Å². The Hall–Kier alpha value is -1.24. The van der Waals surface area contributed by atoms with Crippen molar-refractivity contribution in [3.05, 3.63) is 48.8 Å². The van der Waals surface area contributed by atoms with Gasteiger partial charge in [-0.05, 0) is 12.5 Å². The second-order valence-corrected chi connectivity index (χ2v) is 2.68. The van der Waals surface area contributed by atoms with Crippen molar-refractivity contribution in [1.82, 2.24) is 0 Å². The molecular weight excluding hydrogens is 160 g/mol. The topological polar surface area (TPSA) is 20.2 Å². The van der Waals surface area contributed by atoms with E-state index in [2.05, 4.69) is 13.0 Å². The first-order valence-corrected chi connectivity index (χ1v) is 4.71. The van der Waals surface area contributed by atoms with Crippen molar-refractivity contribution in [2.45, 2.75) is 26.2 Å². The van der Waals surface area contributed by atoms with Gasteiger partial charge in [-0.3, -0.25) is 0 Å². The number of allylic oxidation sites excluding steroid dienone is 7. The quantitative estimate of drug-likeness (QED) is 0.371. The molecular formula is C12H18O. The van der Waals surface area contributed by atoms with Gasteiger partial charge in [0, 0.05) is 0 Å². The van der Waals surface area contributed by atoms with Gasteiger partial charge in [0.15, 0.2) is 0 Å². The Morgan fingerprint density at radius 1 is 0.923 bits per heavy atom. The van der Waals surface area contributed by atoms with Crippen LogP contribution in [0.15, 0.2) is 48.8 Å². The summed E-state index contributed by atoms with van der Waals surface area (Å²) in [6, 6.07) is 0. The minimum absolute atomic E-state index is 1.02. The van der Waals surface area contributed by atoms with Gasteiger partial charge in [-0.25, -0.2) is 0 Å². The predicted octanol–water partition coefficient (Wildman–Crippen LogP) is 3.92. The average molecular weight is 178 g/mol. The van der Waals surface area contributed by atoms with Crippen molar-refractivity contribution < 1.29 is 5.11 Å². The number of unbranched alkanes of at least 4 members (excludes halogenated alkanes) is 2. The molecule has 0 atom stereocenters. The maximum Gasteiger partial charge on any atom is 0.0791 e. The SMILES string of the molecule is CCCC/C=C/C=C/C=C/C=C/O. The molecule has 0 rings (SSSR count). The lowest BCUT2D eigenvalue weighted by atomic mass is 10.2. The summed E-state index contributed by atoms with van der Waals surface area (Å²) in [5.41, 5.74) is 0. The Morgan fingerprint density at radius 2 is 1.54 bits per heavy atom. The van der Waals surface area contributed by atoms with Gasteiger partial charge in [0.1, 0.15) is 0 Å². The highest BCUT2D eigenvalue weighted by molar-refractivity contribution is 5.14. The largest absolute Gasteiger partial charge is 0.516 e. The van der Waals surface area contributed by atoms with E-state index in [0.29, 0.717) is 0 Å². The highest BCUT2D eigenvalue weighted by atomic mass is 16.2. The van der Waals surface area contributed by atoms with E-state index in [-0.39, 0.29) is 0 Å². The lowest BCUT2D eigenvalue weighted by molar-refractivity contribution is 0.474. The third-order valence-electron chi connectivity index (χ3n) is 1.50. The summed E-state index contributed by atoms with van der Waals surface area (Å²) in [5, 5.41) is 8.30. The Bertz CT molecular complexity index is 197. The first-order valence-electron chi connectivity index (χ1n) is 4.71. The molecule has 0 saturated carbocycles. The van der Waals surface area contributed by atoms with E-state index in [0.717, 1.165) is 12.7 Å². The zero-order chi connectivity index (χ0) is 9.78. The van der Waals surface area contributed by atoms with E-state index in [9.17, 15) is 0 Å². The second-order valence-electron chi connectivity index (χ2n) is 2.68. The Labute approximate surface area is 80.8 Å². The molecule has 1 heteroatoms. The van der Waals surface area contributed by atoms with Crippen molar-refractivity contribution in [2.75, 3.05) is 0 Å². The highest BCUT2D eigenvalue weighted by Crippen LogP contribution is 1.94. The third-order valence-corrected chi connectivity index (χ3v) is 1.50. The van der Waals surface area contributed by atoms with E-state index in [1.165, 1.54) is 12.8 Å². The molecule has 0 aromatic heterocycles. The van der Waals surface area contributed by atoms with Gasteiger partial charge in [0.05, 0.1) is 6.26 Å². The highest BCUT2D eigenvalue weighted by Gasteiger charge is 1.74. The van der Waals surface area contributed by atoms with Gasteiger partial charge in [0.25, 0.3) is 0 Å². The molecule has 0 unspecified atom stereocenters. The molecule has 0 bridgehead atoms. The van der Waals surface area contributed by atoms with Gasteiger partial charge in [0.2, 0.25) is 0 Å². The maximum atomic E-state index is 8.30. The van der Waals surface area contributed by atoms with Crippen LogP contribution in [0.1, 0.15) is 26.2 Å². The fourth-order valence-corrected chi connectivity index (χ4v) is 0.803. The Kier molecular flexibility index (Phi) is 9.73. The first-order chi connectivity index (χ1) is 6.41. The molecule has 0 spiro atoms. The number of aliphatic hydroxyl groups is 1. The number of hydrogen-bond donors (Lipinski definition) is 1. The minimum Gasteiger partial charge on any atom is -0.516 e. The second kappa shape index (κ2) is 10.8. The summed E-state index contributed by atoms with van der Waals surface area (Å²) in [6.45, 7) is 2.19. The molecule has 0 fully saturated rings. The van der Waals surface area contributed by atoms with Crippen LogP contribution >= 0.6 is 0 Å². The van der Waals surface area contributed by atoms with Crippen LogP contribution in [-0.4, -0.2) is 5.11 Å². The molecule has 1 N–H and O–H groups in total. The van der Waals surface area contributed by atoms with E-state index in [1.807, 2.05) is 24.3 Å². The predicted molar refractivity (Wildman–Crippen MR) is 58.7 cm³/mol. The Morgan fingerprint density at radius 3 is 2.15 bits per heavy atom. The molecule has 13 heavy (non-hydrogen) atoms. The zero-order valence-corrected chi connectivity index (χ0v) is 8.19. The van der Waals surface area contributed by atoms with Crippen LogP contribution in [0.4, 0.5) is 0 Å². The van der Waals surface area contributed by atoms with Crippen molar-refractivity contribution in [2.24, 2.45) is 0 Å². The van der Waals surface area contributed by atoms with Gasteiger partial charge < -0.3 is 5.11 Å². The monoisotopic (exact) mass is 178 g/mol. The van der Waals surface area contributed by atoms with E-state index < -0.39 is 0 Å². The van der Waals surface area contributed by atoms with Crippen molar-refractivity contribution in [3.8, 4) is 0 Å². The van der Waals surface area contributed by atoms with Gasteiger partial charge in [-0.2, -0.15) is 0 Å². The standard InChI is InChI=1S/C12H18O/c1-2-3-4-5-6-7-8-9-10-11-12-13/h5-13H,2-4H2,1H3/b6-5+,8-7+,10-9+,12-11+. The summed E-state index contributed by atoms with van der Waals surface area (Å²) in [7, 11) is 0. The third kappa shape index (κ3) is 10.8. The summed E-state index contributed by atoms with van der Waals surface area (Å²) in [6.07, 6.45) is 18.0. The molecule has 0 aromatic rings. The lowest BCUT2D eigenvalue weighted by Gasteiger charge is -1.84. The zero-order valence-electron chi connectivity index (χ0n) is 8.19. The first kappa shape index (κ1) is 11.8. The molecule has 1 nitrogen and oxygen atoms in total. The van der Waals surface area contributed by atoms with Crippen LogP contribution in [0, 0.1) is 0 Å². The number of hydrogen-bond acceptors (Lipinski definition) is 1. The van der Waals surface area contributed by atoms with Crippen LogP contribution in [0.25, 0.3) is 0 Å². The van der Waals surface area contributed by atoms with E-state index in [4.69, 9.17) is 5.11 Å². The van der Waals surface area contributed by atoms with Crippen LogP contribution in [0.2, 0.25) is 0 Å². The lowest BCUT2D eigenvalue weighted by Crippen LogP contribution is -1.64. The molecule has 0 aliphatic carbocycles. The van der Waals surface area contributed by atoms with Gasteiger partial charge >= 0.3 is 0 Å². The van der Waals surface area contributed by atoms with Crippen molar-refractivity contribution in [3.63, 3.8) is 0 Å². The molecule has 0 saturated heterocycles. The molecule has 0 aromatic carbocycles. The van der Waals surface area contributed by atoms with E-state index in [1.54, 1.807) is 12.2 Å². The fourth-order valence-electron chi connectivity index (χ4n) is 0.803. The maximum absolute atomic E-state index is 8.30. The summed E-state index contributed by atoms with van der Waals surface area (Å²) >= 11 is 0. The average Bonchev–Trinajstić information content (AvgIpc) is 2.16. The number of aliphatic hydroxyl groups excluding tert-OH is 1. The summed E-state index contributed by atoms with van der Waals surface area (Å²) in [5.74, 6) is 0. The smallest absolute Gasteiger partial charge is 0.0791 e. The summed E-state index contributed by atoms with van der Waals surface area (Å²) < 4.78 is 0. The molecule has 0 radical (unpaired) electrons. The van der Waals surface area contributed by atoms with Crippen LogP contribution < -0.4 is 0 Å². The molecule has 0 heterocycles. The molecule has 0 aliphatic rings. The van der Waals surface area contributed by atoms with E-state index >= 15 is 0 Å².